The van der Waals surface area contributed by atoms with Crippen LogP contribution in [-0.4, -0.2) is 45.6 Å². The third-order valence-electron chi connectivity index (χ3n) is 5.99. The minimum absolute atomic E-state index is 0.0691. The Hall–Kier alpha value is -3.14. The van der Waals surface area contributed by atoms with Crippen molar-refractivity contribution >= 4 is 33.5 Å². The molecule has 0 saturated carbocycles. The molecular weight excluding hydrogens is 410 g/mol. The second-order valence-corrected chi connectivity index (χ2v) is 8.28. The van der Waals surface area contributed by atoms with Crippen LogP contribution in [-0.2, 0) is 0 Å². The topological polar surface area (TPSA) is 77.8 Å². The van der Waals surface area contributed by atoms with Crippen molar-refractivity contribution in [3.05, 3.63) is 53.4 Å². The minimum atomic E-state index is 0.0691. The van der Waals surface area contributed by atoms with E-state index >= 15 is 0 Å². The van der Waals surface area contributed by atoms with Crippen molar-refractivity contribution in [1.29, 1.82) is 5.26 Å². The van der Waals surface area contributed by atoms with Gasteiger partial charge in [-0.05, 0) is 43.1 Å². The van der Waals surface area contributed by atoms with E-state index in [1.54, 1.807) is 6.20 Å². The van der Waals surface area contributed by atoms with Gasteiger partial charge in [0.2, 0.25) is 0 Å². The van der Waals surface area contributed by atoms with Crippen LogP contribution in [0.25, 0.3) is 33.1 Å². The van der Waals surface area contributed by atoms with E-state index in [-0.39, 0.29) is 6.10 Å². The highest BCUT2D eigenvalue weighted by atomic mass is 35.5. The number of likely N-dealkylation sites (tertiary alicyclic amines) is 1. The lowest BCUT2D eigenvalue weighted by molar-refractivity contribution is 0.104. The van der Waals surface area contributed by atoms with Crippen molar-refractivity contribution in [2.24, 2.45) is 0 Å². The smallest absolute Gasteiger partial charge is 0.183 e. The van der Waals surface area contributed by atoms with Gasteiger partial charge >= 0.3 is 0 Å². The Kier molecular flexibility index (Phi) is 5.23. The molecule has 4 aromatic rings. The number of rotatable bonds is 4. The number of piperidine rings is 1. The fraction of sp³-hybridized carbons (Fsp3) is 0.292. The summed E-state index contributed by atoms with van der Waals surface area (Å²) < 4.78 is 6.43. The van der Waals surface area contributed by atoms with Crippen LogP contribution in [0.1, 0.15) is 25.5 Å². The molecule has 0 unspecified atom stereocenters. The molecule has 0 atom stereocenters. The number of halogens is 1. The molecule has 1 aliphatic heterocycles. The third kappa shape index (κ3) is 3.71. The highest BCUT2D eigenvalue weighted by molar-refractivity contribution is 6.30. The number of hydrogen-bond acceptors (Lipinski definition) is 5. The summed E-state index contributed by atoms with van der Waals surface area (Å²) in [6, 6.07) is 12.0. The van der Waals surface area contributed by atoms with E-state index < -0.39 is 0 Å². The maximum absolute atomic E-state index is 9.72. The zero-order valence-corrected chi connectivity index (χ0v) is 18.0. The van der Waals surface area contributed by atoms with Gasteiger partial charge in [-0.2, -0.15) is 5.26 Å². The Morgan fingerprint density at radius 2 is 1.94 bits per heavy atom. The average Bonchev–Trinajstić information content (AvgIpc) is 3.18. The standard InChI is InChI=1S/C24H22ClN5O/c1-2-30-9-7-18(8-10-30)31-23-20(12-26)27-14-21-22(23)19-11-16(13-28-24(19)29-21)15-3-5-17(25)6-4-15/h3-6,11,13-14,18H,2,7-10H2,1H3,(H,28,29). The molecule has 3 aromatic heterocycles. The van der Waals surface area contributed by atoms with Gasteiger partial charge in [0, 0.05) is 35.3 Å². The number of aromatic amines is 1. The van der Waals surface area contributed by atoms with Crippen LogP contribution in [0.15, 0.2) is 42.7 Å². The SMILES string of the molecule is CCN1CCC(Oc2c(C#N)ncc3[nH]c4ncc(-c5ccc(Cl)cc5)cc4c23)CC1. The van der Waals surface area contributed by atoms with E-state index in [1.807, 2.05) is 30.5 Å². The number of nitrogens with one attached hydrogen (secondary N) is 1. The molecule has 156 valence electrons. The molecular formula is C24H22ClN5O. The molecule has 5 rings (SSSR count). The van der Waals surface area contributed by atoms with Gasteiger partial charge in [0.05, 0.1) is 17.1 Å². The number of nitriles is 1. The fourth-order valence-corrected chi connectivity index (χ4v) is 4.37. The monoisotopic (exact) mass is 431 g/mol. The number of pyridine rings is 2. The first kappa shape index (κ1) is 19.8. The van der Waals surface area contributed by atoms with Crippen LogP contribution in [0.4, 0.5) is 0 Å². The Morgan fingerprint density at radius 1 is 1.16 bits per heavy atom. The molecule has 31 heavy (non-hydrogen) atoms. The van der Waals surface area contributed by atoms with Gasteiger partial charge in [0.1, 0.15) is 17.8 Å². The summed E-state index contributed by atoms with van der Waals surface area (Å²) in [6.07, 6.45) is 5.46. The Balaban J connectivity index is 1.61. The molecule has 0 amide bonds. The molecule has 1 saturated heterocycles. The first-order valence-electron chi connectivity index (χ1n) is 10.5. The molecule has 1 aliphatic rings. The summed E-state index contributed by atoms with van der Waals surface area (Å²) in [4.78, 5) is 14.7. The molecule has 7 heteroatoms. The Bertz CT molecular complexity index is 1280. The van der Waals surface area contributed by atoms with Gasteiger partial charge in [-0.15, -0.1) is 0 Å². The number of aromatic nitrogens is 3. The van der Waals surface area contributed by atoms with Crippen molar-refractivity contribution in [3.63, 3.8) is 0 Å². The van der Waals surface area contributed by atoms with Crippen molar-refractivity contribution in [1.82, 2.24) is 19.9 Å². The lowest BCUT2D eigenvalue weighted by atomic mass is 10.0. The maximum Gasteiger partial charge on any atom is 0.183 e. The average molecular weight is 432 g/mol. The fourth-order valence-electron chi connectivity index (χ4n) is 4.24. The predicted molar refractivity (Wildman–Crippen MR) is 122 cm³/mol. The summed E-state index contributed by atoms with van der Waals surface area (Å²) in [5, 5.41) is 12.2. The predicted octanol–water partition coefficient (Wildman–Crippen LogP) is 5.17. The van der Waals surface area contributed by atoms with Crippen LogP contribution in [0.2, 0.25) is 5.02 Å². The van der Waals surface area contributed by atoms with Crippen molar-refractivity contribution in [2.75, 3.05) is 19.6 Å². The molecule has 1 N–H and O–H groups in total. The Labute approximate surface area is 185 Å². The zero-order valence-electron chi connectivity index (χ0n) is 17.2. The first-order valence-corrected chi connectivity index (χ1v) is 10.9. The van der Waals surface area contributed by atoms with Gasteiger partial charge in [-0.1, -0.05) is 30.7 Å². The number of H-pyrrole nitrogens is 1. The van der Waals surface area contributed by atoms with E-state index in [0.29, 0.717) is 16.5 Å². The van der Waals surface area contributed by atoms with Crippen LogP contribution < -0.4 is 4.74 Å². The number of nitrogens with zero attached hydrogens (tertiary/aromatic N) is 4. The van der Waals surface area contributed by atoms with Crippen molar-refractivity contribution < 1.29 is 4.74 Å². The lowest BCUT2D eigenvalue weighted by Crippen LogP contribution is -2.38. The van der Waals surface area contributed by atoms with Crippen molar-refractivity contribution in [2.45, 2.75) is 25.9 Å². The van der Waals surface area contributed by atoms with E-state index in [4.69, 9.17) is 16.3 Å². The number of benzene rings is 1. The highest BCUT2D eigenvalue weighted by Crippen LogP contribution is 2.37. The molecule has 0 bridgehead atoms. The number of hydrogen-bond donors (Lipinski definition) is 1. The van der Waals surface area contributed by atoms with Crippen LogP contribution in [0, 0.1) is 11.3 Å². The van der Waals surface area contributed by atoms with E-state index in [0.717, 1.165) is 65.5 Å². The molecule has 4 heterocycles. The molecule has 6 nitrogen and oxygen atoms in total. The molecule has 1 aromatic carbocycles. The lowest BCUT2D eigenvalue weighted by Gasteiger charge is -2.31. The minimum Gasteiger partial charge on any atom is -0.487 e. The van der Waals surface area contributed by atoms with Gasteiger partial charge in [-0.25, -0.2) is 9.97 Å². The van der Waals surface area contributed by atoms with E-state index in [1.165, 1.54) is 0 Å². The van der Waals surface area contributed by atoms with Gasteiger partial charge in [-0.3, -0.25) is 0 Å². The molecule has 0 aliphatic carbocycles. The Morgan fingerprint density at radius 3 is 2.65 bits per heavy atom. The van der Waals surface area contributed by atoms with Crippen LogP contribution >= 0.6 is 11.6 Å². The summed E-state index contributed by atoms with van der Waals surface area (Å²) >= 11 is 6.04. The molecule has 0 radical (unpaired) electrons. The van der Waals surface area contributed by atoms with Gasteiger partial charge in [0.15, 0.2) is 11.4 Å². The zero-order chi connectivity index (χ0) is 21.4. The van der Waals surface area contributed by atoms with Crippen molar-refractivity contribution in [3.8, 4) is 22.9 Å². The third-order valence-corrected chi connectivity index (χ3v) is 6.25. The summed E-state index contributed by atoms with van der Waals surface area (Å²) in [5.41, 5.74) is 3.87. The molecule has 0 spiro atoms. The number of fused-ring (bicyclic) bond motifs is 3. The van der Waals surface area contributed by atoms with Gasteiger partial charge < -0.3 is 14.6 Å². The van der Waals surface area contributed by atoms with E-state index in [2.05, 4.69) is 38.9 Å². The van der Waals surface area contributed by atoms with Crippen LogP contribution in [0.3, 0.4) is 0 Å². The maximum atomic E-state index is 9.72. The van der Waals surface area contributed by atoms with Gasteiger partial charge in [0.25, 0.3) is 0 Å². The van der Waals surface area contributed by atoms with E-state index in [9.17, 15) is 5.26 Å². The number of ether oxygens (including phenoxy) is 1. The summed E-state index contributed by atoms with van der Waals surface area (Å²) in [6.45, 7) is 5.23. The highest BCUT2D eigenvalue weighted by Gasteiger charge is 2.24. The summed E-state index contributed by atoms with van der Waals surface area (Å²) in [7, 11) is 0. The largest absolute Gasteiger partial charge is 0.487 e. The molecule has 1 fully saturated rings. The normalized spacial score (nSPS) is 15.4. The second kappa shape index (κ2) is 8.18. The summed E-state index contributed by atoms with van der Waals surface area (Å²) in [5.74, 6) is 0.552. The first-order chi connectivity index (χ1) is 15.2. The quantitative estimate of drug-likeness (QED) is 0.482. The second-order valence-electron chi connectivity index (χ2n) is 7.84. The van der Waals surface area contributed by atoms with Crippen LogP contribution in [0.5, 0.6) is 5.75 Å².